The second kappa shape index (κ2) is 9.77. The van der Waals surface area contributed by atoms with E-state index >= 15 is 0 Å². The van der Waals surface area contributed by atoms with Crippen molar-refractivity contribution in [3.05, 3.63) is 29.8 Å². The molecular formula is C19H27F2IN4O3. The Kier molecular flexibility index (Phi) is 7.89. The van der Waals surface area contributed by atoms with Crippen molar-refractivity contribution in [3.63, 3.8) is 0 Å². The number of aliphatic imine (C=N–C) groups is 1. The maximum absolute atomic E-state index is 12.3. The summed E-state index contributed by atoms with van der Waals surface area (Å²) in [4.78, 5) is 20.7. The summed E-state index contributed by atoms with van der Waals surface area (Å²) in [5, 5.41) is 3.26. The molecule has 3 rings (SSSR count). The SMILES string of the molecule is CC(C)(C)OC(=O)N1CCN2C(NCc3cccc(OC(F)F)c3)=NCC2C1.I. The van der Waals surface area contributed by atoms with E-state index in [0.717, 1.165) is 11.5 Å². The lowest BCUT2D eigenvalue weighted by Gasteiger charge is -2.39. The first kappa shape index (κ1) is 23.4. The topological polar surface area (TPSA) is 66.4 Å². The Hall–Kier alpha value is -1.85. The number of guanidine groups is 1. The Bertz CT molecular complexity index is 742. The lowest BCUT2D eigenvalue weighted by Crippen LogP contribution is -2.57. The molecule has 2 aliphatic heterocycles. The molecule has 1 amide bonds. The van der Waals surface area contributed by atoms with Gasteiger partial charge in [-0.3, -0.25) is 4.99 Å². The minimum Gasteiger partial charge on any atom is -0.444 e. The van der Waals surface area contributed by atoms with Gasteiger partial charge < -0.3 is 24.6 Å². The molecule has 1 atom stereocenters. The third-order valence-electron chi connectivity index (χ3n) is 4.43. The van der Waals surface area contributed by atoms with E-state index < -0.39 is 12.2 Å². The predicted molar refractivity (Wildman–Crippen MR) is 116 cm³/mol. The van der Waals surface area contributed by atoms with Crippen LogP contribution in [-0.2, 0) is 11.3 Å². The summed E-state index contributed by atoms with van der Waals surface area (Å²) >= 11 is 0. The maximum Gasteiger partial charge on any atom is 0.410 e. The number of amides is 1. The molecule has 0 aromatic heterocycles. The summed E-state index contributed by atoms with van der Waals surface area (Å²) in [6.45, 7) is 5.52. The molecule has 1 aromatic rings. The van der Waals surface area contributed by atoms with Crippen molar-refractivity contribution >= 4 is 36.0 Å². The summed E-state index contributed by atoms with van der Waals surface area (Å²) in [7, 11) is 0. The number of alkyl halides is 2. The Morgan fingerprint density at radius 1 is 1.34 bits per heavy atom. The van der Waals surface area contributed by atoms with Gasteiger partial charge >= 0.3 is 12.7 Å². The van der Waals surface area contributed by atoms with Crippen molar-refractivity contribution in [2.24, 2.45) is 4.99 Å². The number of carbonyl (C=O) groups is 1. The lowest BCUT2D eigenvalue weighted by atomic mass is 10.2. The largest absolute Gasteiger partial charge is 0.444 e. The van der Waals surface area contributed by atoms with Crippen LogP contribution in [0.1, 0.15) is 26.3 Å². The van der Waals surface area contributed by atoms with Crippen LogP contribution in [0.2, 0.25) is 0 Å². The highest BCUT2D eigenvalue weighted by atomic mass is 127. The number of nitrogens with one attached hydrogen (secondary N) is 1. The fraction of sp³-hybridized carbons (Fsp3) is 0.579. The van der Waals surface area contributed by atoms with Crippen LogP contribution in [-0.4, -0.2) is 66.3 Å². The van der Waals surface area contributed by atoms with Gasteiger partial charge in [-0.2, -0.15) is 8.78 Å². The molecule has 1 saturated heterocycles. The van der Waals surface area contributed by atoms with Crippen LogP contribution in [0.25, 0.3) is 0 Å². The quantitative estimate of drug-likeness (QED) is 0.613. The standard InChI is InChI=1S/C19H26F2N4O3.HI/c1-19(2,3)28-18(26)24-7-8-25-14(12-24)11-23-17(25)22-10-13-5-4-6-15(9-13)27-16(20)21;/h4-6,9,14,16H,7-8,10-12H2,1-3H3,(H,22,23);1H. The van der Waals surface area contributed by atoms with E-state index in [2.05, 4.69) is 19.9 Å². The molecule has 0 aliphatic carbocycles. The van der Waals surface area contributed by atoms with Gasteiger partial charge in [-0.15, -0.1) is 24.0 Å². The van der Waals surface area contributed by atoms with Crippen LogP contribution in [0.3, 0.4) is 0 Å². The van der Waals surface area contributed by atoms with E-state index in [1.807, 2.05) is 26.8 Å². The minimum absolute atomic E-state index is 0. The van der Waals surface area contributed by atoms with Crippen molar-refractivity contribution < 1.29 is 23.0 Å². The molecule has 2 heterocycles. The van der Waals surface area contributed by atoms with E-state index in [1.165, 1.54) is 6.07 Å². The highest BCUT2D eigenvalue weighted by Crippen LogP contribution is 2.20. The van der Waals surface area contributed by atoms with Gasteiger partial charge in [0.05, 0.1) is 12.6 Å². The van der Waals surface area contributed by atoms with Gasteiger partial charge in [0.25, 0.3) is 0 Å². The molecule has 0 saturated carbocycles. The van der Waals surface area contributed by atoms with E-state index in [9.17, 15) is 13.6 Å². The molecule has 1 N–H and O–H groups in total. The Morgan fingerprint density at radius 3 is 2.79 bits per heavy atom. The number of carbonyl (C=O) groups excluding carboxylic acids is 1. The lowest BCUT2D eigenvalue weighted by molar-refractivity contribution is -0.0498. The summed E-state index contributed by atoms with van der Waals surface area (Å²) in [6, 6.07) is 6.69. The van der Waals surface area contributed by atoms with Crippen molar-refractivity contribution in [1.29, 1.82) is 0 Å². The third kappa shape index (κ3) is 6.58. The Morgan fingerprint density at radius 2 is 2.10 bits per heavy atom. The number of hydrogen-bond donors (Lipinski definition) is 1. The maximum atomic E-state index is 12.3. The molecule has 0 bridgehead atoms. The zero-order chi connectivity index (χ0) is 20.3. The number of halogens is 3. The zero-order valence-electron chi connectivity index (χ0n) is 16.7. The molecule has 162 valence electrons. The average Bonchev–Trinajstić information content (AvgIpc) is 3.00. The molecule has 10 heteroatoms. The Labute approximate surface area is 186 Å². The molecule has 0 radical (unpaired) electrons. The second-order valence-electron chi connectivity index (χ2n) is 7.82. The molecule has 1 unspecified atom stereocenters. The van der Waals surface area contributed by atoms with Gasteiger partial charge in [-0.25, -0.2) is 4.79 Å². The third-order valence-corrected chi connectivity index (χ3v) is 4.43. The predicted octanol–water partition coefficient (Wildman–Crippen LogP) is 3.29. The summed E-state index contributed by atoms with van der Waals surface area (Å²) in [6.07, 6.45) is -0.301. The zero-order valence-corrected chi connectivity index (χ0v) is 19.1. The second-order valence-corrected chi connectivity index (χ2v) is 7.82. The molecule has 1 aromatic carbocycles. The van der Waals surface area contributed by atoms with Gasteiger partial charge in [0, 0.05) is 26.2 Å². The number of piperazine rings is 1. The molecule has 0 spiro atoms. The number of nitrogens with zero attached hydrogens (tertiary/aromatic N) is 3. The monoisotopic (exact) mass is 524 g/mol. The van der Waals surface area contributed by atoms with E-state index in [0.29, 0.717) is 32.7 Å². The number of benzene rings is 1. The average molecular weight is 524 g/mol. The highest BCUT2D eigenvalue weighted by Gasteiger charge is 2.36. The van der Waals surface area contributed by atoms with Crippen molar-refractivity contribution in [2.75, 3.05) is 26.2 Å². The van der Waals surface area contributed by atoms with Crippen molar-refractivity contribution in [1.82, 2.24) is 15.1 Å². The normalized spacial score (nSPS) is 18.7. The first-order chi connectivity index (χ1) is 13.2. The van der Waals surface area contributed by atoms with Crippen LogP contribution < -0.4 is 10.1 Å². The number of ether oxygens (including phenoxy) is 2. The van der Waals surface area contributed by atoms with Crippen LogP contribution in [0.15, 0.2) is 29.3 Å². The molecule has 1 fully saturated rings. The van der Waals surface area contributed by atoms with Crippen molar-refractivity contribution in [3.8, 4) is 5.75 Å². The molecule has 7 nitrogen and oxygen atoms in total. The Balaban J connectivity index is 0.00000300. The molecule has 2 aliphatic rings. The molecule has 29 heavy (non-hydrogen) atoms. The van der Waals surface area contributed by atoms with Gasteiger partial charge in [0.2, 0.25) is 0 Å². The van der Waals surface area contributed by atoms with E-state index in [4.69, 9.17) is 4.74 Å². The molecular weight excluding hydrogens is 497 g/mol. The van der Waals surface area contributed by atoms with Gasteiger partial charge in [0.15, 0.2) is 5.96 Å². The highest BCUT2D eigenvalue weighted by molar-refractivity contribution is 14.0. The fourth-order valence-corrected chi connectivity index (χ4v) is 3.24. The fourth-order valence-electron chi connectivity index (χ4n) is 3.24. The summed E-state index contributed by atoms with van der Waals surface area (Å²) in [5.41, 5.74) is 0.298. The van der Waals surface area contributed by atoms with Crippen LogP contribution >= 0.6 is 24.0 Å². The van der Waals surface area contributed by atoms with Gasteiger partial charge in [-0.1, -0.05) is 12.1 Å². The van der Waals surface area contributed by atoms with Crippen LogP contribution in [0.4, 0.5) is 13.6 Å². The number of rotatable bonds is 4. The summed E-state index contributed by atoms with van der Waals surface area (Å²) < 4.78 is 34.6. The van der Waals surface area contributed by atoms with Gasteiger partial charge in [-0.05, 0) is 38.5 Å². The number of fused-ring (bicyclic) bond motifs is 1. The minimum atomic E-state index is -2.84. The van der Waals surface area contributed by atoms with Gasteiger partial charge in [0.1, 0.15) is 11.4 Å². The first-order valence-electron chi connectivity index (χ1n) is 9.28. The van der Waals surface area contributed by atoms with E-state index in [-0.39, 0.29) is 41.9 Å². The first-order valence-corrected chi connectivity index (χ1v) is 9.28. The van der Waals surface area contributed by atoms with E-state index in [1.54, 1.807) is 17.0 Å². The van der Waals surface area contributed by atoms with Crippen LogP contribution in [0.5, 0.6) is 5.75 Å². The smallest absolute Gasteiger partial charge is 0.410 e. The summed E-state index contributed by atoms with van der Waals surface area (Å²) in [5.74, 6) is 0.889. The van der Waals surface area contributed by atoms with Crippen LogP contribution in [0, 0.1) is 0 Å². The number of hydrogen-bond acceptors (Lipinski definition) is 6. The van der Waals surface area contributed by atoms with Crippen molar-refractivity contribution in [2.45, 2.75) is 45.6 Å².